The average molecular weight is 306 g/mol. The Hall–Kier alpha value is -1.48. The van der Waals surface area contributed by atoms with Crippen molar-refractivity contribution in [2.24, 2.45) is 5.41 Å². The number of alkyl halides is 1. The maximum absolute atomic E-state index is 12.3. The van der Waals surface area contributed by atoms with Crippen LogP contribution < -0.4 is 5.32 Å². The van der Waals surface area contributed by atoms with Crippen LogP contribution in [0, 0.1) is 12.3 Å². The Balaban J connectivity index is 1.72. The molecule has 0 saturated heterocycles. The highest BCUT2D eigenvalue weighted by atomic mass is 35.5. The summed E-state index contributed by atoms with van der Waals surface area (Å²) in [5, 5.41) is 3.96. The highest BCUT2D eigenvalue weighted by molar-refractivity contribution is 6.18. The fourth-order valence-corrected chi connectivity index (χ4v) is 3.47. The van der Waals surface area contributed by atoms with E-state index in [-0.39, 0.29) is 11.3 Å². The molecule has 0 unspecified atom stereocenters. The van der Waals surface area contributed by atoms with Crippen molar-refractivity contribution in [3.63, 3.8) is 0 Å². The van der Waals surface area contributed by atoms with E-state index in [9.17, 15) is 4.79 Å². The molecular weight excluding hydrogens is 286 g/mol. The standard InChI is InChI=1S/C17H20ClNO2/c1-12-4-5-14-13(8-12)9-15(21-14)16(20)19-11-17(10-18)6-2-3-7-17/h4-5,8-9H,2-3,6-7,10-11H2,1H3,(H,19,20). The molecule has 112 valence electrons. The van der Waals surface area contributed by atoms with E-state index in [2.05, 4.69) is 5.32 Å². The molecule has 21 heavy (non-hydrogen) atoms. The first-order chi connectivity index (χ1) is 10.1. The molecule has 1 amide bonds. The lowest BCUT2D eigenvalue weighted by molar-refractivity contribution is 0.0909. The summed E-state index contributed by atoms with van der Waals surface area (Å²) < 4.78 is 5.62. The Morgan fingerprint density at radius 1 is 1.33 bits per heavy atom. The van der Waals surface area contributed by atoms with Gasteiger partial charge >= 0.3 is 0 Å². The zero-order valence-electron chi connectivity index (χ0n) is 12.2. The Labute approximate surface area is 129 Å². The SMILES string of the molecule is Cc1ccc2oc(C(=O)NCC3(CCl)CCCC3)cc2c1. The summed E-state index contributed by atoms with van der Waals surface area (Å²) >= 11 is 6.10. The van der Waals surface area contributed by atoms with E-state index in [4.69, 9.17) is 16.0 Å². The molecule has 0 radical (unpaired) electrons. The maximum atomic E-state index is 12.3. The number of hydrogen-bond donors (Lipinski definition) is 1. The summed E-state index contributed by atoms with van der Waals surface area (Å²) in [7, 11) is 0. The van der Waals surface area contributed by atoms with Crippen LogP contribution in [0.25, 0.3) is 11.0 Å². The second-order valence-electron chi connectivity index (χ2n) is 6.18. The predicted molar refractivity (Wildman–Crippen MR) is 84.9 cm³/mol. The molecule has 0 aliphatic heterocycles. The van der Waals surface area contributed by atoms with Crippen LogP contribution in [-0.2, 0) is 0 Å². The first-order valence-electron chi connectivity index (χ1n) is 7.46. The number of aryl methyl sites for hydroxylation is 1. The topological polar surface area (TPSA) is 42.2 Å². The first kappa shape index (κ1) is 14.5. The predicted octanol–water partition coefficient (Wildman–Crippen LogP) is 4.27. The van der Waals surface area contributed by atoms with Crippen LogP contribution in [-0.4, -0.2) is 18.3 Å². The molecule has 0 atom stereocenters. The molecule has 0 spiro atoms. The summed E-state index contributed by atoms with van der Waals surface area (Å²) in [6, 6.07) is 7.71. The van der Waals surface area contributed by atoms with Gasteiger partial charge in [0.15, 0.2) is 5.76 Å². The van der Waals surface area contributed by atoms with Crippen LogP contribution in [0.1, 0.15) is 41.8 Å². The molecule has 3 rings (SSSR count). The number of hydrogen-bond acceptors (Lipinski definition) is 2. The van der Waals surface area contributed by atoms with Crippen molar-refractivity contribution in [3.8, 4) is 0 Å². The van der Waals surface area contributed by atoms with E-state index in [1.54, 1.807) is 6.07 Å². The molecule has 1 N–H and O–H groups in total. The molecule has 4 heteroatoms. The summed E-state index contributed by atoms with van der Waals surface area (Å²) in [6.07, 6.45) is 4.59. The van der Waals surface area contributed by atoms with Crippen LogP contribution >= 0.6 is 11.6 Å². The van der Waals surface area contributed by atoms with Crippen molar-refractivity contribution >= 4 is 28.5 Å². The van der Waals surface area contributed by atoms with Gasteiger partial charge in [-0.3, -0.25) is 4.79 Å². The minimum Gasteiger partial charge on any atom is -0.451 e. The van der Waals surface area contributed by atoms with Crippen molar-refractivity contribution in [2.75, 3.05) is 12.4 Å². The lowest BCUT2D eigenvalue weighted by atomic mass is 9.88. The minimum absolute atomic E-state index is 0.0693. The molecule has 1 saturated carbocycles. The van der Waals surface area contributed by atoms with Crippen LogP contribution in [0.4, 0.5) is 0 Å². The Morgan fingerprint density at radius 2 is 2.10 bits per heavy atom. The van der Waals surface area contributed by atoms with Crippen LogP contribution in [0.2, 0.25) is 0 Å². The van der Waals surface area contributed by atoms with Gasteiger partial charge in [0.25, 0.3) is 5.91 Å². The molecule has 1 aliphatic carbocycles. The third-order valence-corrected chi connectivity index (χ3v) is 5.03. The average Bonchev–Trinajstić information content (AvgIpc) is 3.11. The quantitative estimate of drug-likeness (QED) is 0.857. The van der Waals surface area contributed by atoms with Gasteiger partial charge in [-0.15, -0.1) is 11.6 Å². The van der Waals surface area contributed by atoms with Gasteiger partial charge in [0, 0.05) is 23.2 Å². The summed E-state index contributed by atoms with van der Waals surface area (Å²) in [6.45, 7) is 2.65. The highest BCUT2D eigenvalue weighted by Crippen LogP contribution is 2.38. The summed E-state index contributed by atoms with van der Waals surface area (Å²) in [4.78, 5) is 12.3. The van der Waals surface area contributed by atoms with Gasteiger partial charge in [0.2, 0.25) is 0 Å². The molecular formula is C17H20ClNO2. The number of benzene rings is 1. The van der Waals surface area contributed by atoms with E-state index >= 15 is 0 Å². The molecule has 2 aromatic rings. The normalized spacial score (nSPS) is 17.2. The number of halogens is 1. The Kier molecular flexibility index (Phi) is 3.94. The number of furan rings is 1. The minimum atomic E-state index is -0.153. The largest absolute Gasteiger partial charge is 0.451 e. The fourth-order valence-electron chi connectivity index (χ4n) is 3.11. The van der Waals surface area contributed by atoms with E-state index in [1.807, 2.05) is 25.1 Å². The van der Waals surface area contributed by atoms with Gasteiger partial charge in [0.05, 0.1) is 0 Å². The van der Waals surface area contributed by atoms with E-state index in [1.165, 1.54) is 12.8 Å². The van der Waals surface area contributed by atoms with E-state index < -0.39 is 0 Å². The molecule has 1 aliphatic rings. The highest BCUT2D eigenvalue weighted by Gasteiger charge is 2.33. The number of rotatable bonds is 4. The zero-order valence-corrected chi connectivity index (χ0v) is 13.0. The molecule has 0 bridgehead atoms. The number of amides is 1. The fraction of sp³-hybridized carbons (Fsp3) is 0.471. The lowest BCUT2D eigenvalue weighted by Crippen LogP contribution is -2.37. The van der Waals surface area contributed by atoms with Crippen LogP contribution in [0.5, 0.6) is 0 Å². The van der Waals surface area contributed by atoms with Gasteiger partial charge in [-0.2, -0.15) is 0 Å². The second kappa shape index (κ2) is 5.72. The molecule has 1 fully saturated rings. The van der Waals surface area contributed by atoms with E-state index in [0.29, 0.717) is 18.2 Å². The van der Waals surface area contributed by atoms with Gasteiger partial charge < -0.3 is 9.73 Å². The third-order valence-electron chi connectivity index (χ3n) is 4.47. The number of fused-ring (bicyclic) bond motifs is 1. The van der Waals surface area contributed by atoms with Gasteiger partial charge in [-0.25, -0.2) is 0 Å². The Morgan fingerprint density at radius 3 is 2.81 bits per heavy atom. The number of carbonyl (C=O) groups excluding carboxylic acids is 1. The Bertz CT molecular complexity index is 656. The summed E-state index contributed by atoms with van der Waals surface area (Å²) in [5.74, 6) is 0.825. The smallest absolute Gasteiger partial charge is 0.287 e. The van der Waals surface area contributed by atoms with Crippen molar-refractivity contribution < 1.29 is 9.21 Å². The maximum Gasteiger partial charge on any atom is 0.287 e. The van der Waals surface area contributed by atoms with Gasteiger partial charge in [0.1, 0.15) is 5.58 Å². The van der Waals surface area contributed by atoms with E-state index in [0.717, 1.165) is 29.4 Å². The molecule has 1 aromatic carbocycles. The van der Waals surface area contributed by atoms with Gasteiger partial charge in [-0.05, 0) is 38.0 Å². The zero-order chi connectivity index (χ0) is 14.9. The number of nitrogens with one attached hydrogen (secondary N) is 1. The van der Waals surface area contributed by atoms with Crippen molar-refractivity contribution in [2.45, 2.75) is 32.6 Å². The first-order valence-corrected chi connectivity index (χ1v) is 8.00. The van der Waals surface area contributed by atoms with Gasteiger partial charge in [-0.1, -0.05) is 24.5 Å². The lowest BCUT2D eigenvalue weighted by Gasteiger charge is -2.26. The van der Waals surface area contributed by atoms with Crippen LogP contribution in [0.15, 0.2) is 28.7 Å². The number of carbonyl (C=O) groups is 1. The van der Waals surface area contributed by atoms with Crippen molar-refractivity contribution in [1.29, 1.82) is 0 Å². The molecule has 1 heterocycles. The van der Waals surface area contributed by atoms with Crippen LogP contribution in [0.3, 0.4) is 0 Å². The van der Waals surface area contributed by atoms with Crippen molar-refractivity contribution in [3.05, 3.63) is 35.6 Å². The molecule has 3 nitrogen and oxygen atoms in total. The van der Waals surface area contributed by atoms with Crippen molar-refractivity contribution in [1.82, 2.24) is 5.32 Å². The second-order valence-corrected chi connectivity index (χ2v) is 6.44. The monoisotopic (exact) mass is 305 g/mol. The molecule has 1 aromatic heterocycles. The third kappa shape index (κ3) is 2.93. The summed E-state index contributed by atoms with van der Waals surface area (Å²) in [5.41, 5.74) is 1.97.